The van der Waals surface area contributed by atoms with Gasteiger partial charge in [0.05, 0.1) is 27.7 Å². The second-order valence-corrected chi connectivity index (χ2v) is 11.3. The summed E-state index contributed by atoms with van der Waals surface area (Å²) in [5.41, 5.74) is 2.23. The molecule has 5 rings (SSSR count). The van der Waals surface area contributed by atoms with Crippen LogP contribution in [0.15, 0.2) is 29.6 Å². The summed E-state index contributed by atoms with van der Waals surface area (Å²) in [5, 5.41) is 11.8. The summed E-state index contributed by atoms with van der Waals surface area (Å²) < 4.78 is 24.9. The van der Waals surface area contributed by atoms with Crippen molar-refractivity contribution in [3.8, 4) is 0 Å². The zero-order valence-electron chi connectivity index (χ0n) is 17.8. The van der Waals surface area contributed by atoms with E-state index in [-0.39, 0.29) is 16.7 Å². The summed E-state index contributed by atoms with van der Waals surface area (Å²) in [6, 6.07) is 3.34. The number of anilines is 2. The number of amides is 1. The molecule has 1 aliphatic carbocycles. The molecule has 1 aliphatic rings. The molecule has 0 fully saturated rings. The Morgan fingerprint density at radius 1 is 1.28 bits per heavy atom. The maximum absolute atomic E-state index is 12.5. The van der Waals surface area contributed by atoms with Gasteiger partial charge in [0.2, 0.25) is 5.91 Å². The molecule has 1 unspecified atom stereocenters. The van der Waals surface area contributed by atoms with E-state index in [0.29, 0.717) is 23.4 Å². The summed E-state index contributed by atoms with van der Waals surface area (Å²) in [5.74, 6) is 0.677. The minimum Gasteiger partial charge on any atom is -0.349 e. The Balaban J connectivity index is 1.59. The number of aromatic nitrogens is 4. The van der Waals surface area contributed by atoms with Gasteiger partial charge in [-0.05, 0) is 37.0 Å². The van der Waals surface area contributed by atoms with Gasteiger partial charge in [-0.3, -0.25) is 9.89 Å². The average Bonchev–Trinajstić information content (AvgIpc) is 3.35. The molecule has 0 bridgehead atoms. The minimum absolute atomic E-state index is 0.0322. The predicted octanol–water partition coefficient (Wildman–Crippen LogP) is 2.91. The Hall–Kier alpha value is -3.05. The largest absolute Gasteiger partial charge is 0.349 e. The smallest absolute Gasteiger partial charge is 0.225 e. The van der Waals surface area contributed by atoms with E-state index in [1.54, 1.807) is 48.7 Å². The van der Waals surface area contributed by atoms with Crippen LogP contribution in [0.5, 0.6) is 0 Å². The molecule has 32 heavy (non-hydrogen) atoms. The Kier molecular flexibility index (Phi) is 4.90. The van der Waals surface area contributed by atoms with E-state index in [0.717, 1.165) is 38.9 Å². The van der Waals surface area contributed by atoms with E-state index >= 15 is 0 Å². The number of carbonyl (C=O) groups excluding carboxylic acids is 1. The predicted molar refractivity (Wildman–Crippen MR) is 124 cm³/mol. The Morgan fingerprint density at radius 2 is 2.09 bits per heavy atom. The highest BCUT2D eigenvalue weighted by molar-refractivity contribution is 7.90. The molecule has 4 aromatic rings. The van der Waals surface area contributed by atoms with Gasteiger partial charge in [-0.25, -0.2) is 18.4 Å². The van der Waals surface area contributed by atoms with Gasteiger partial charge in [0.15, 0.2) is 9.84 Å². The number of thiophene rings is 1. The van der Waals surface area contributed by atoms with Crippen LogP contribution in [-0.2, 0) is 27.5 Å². The first kappa shape index (κ1) is 20.8. The molecule has 11 heteroatoms. The van der Waals surface area contributed by atoms with Gasteiger partial charge >= 0.3 is 0 Å². The molecule has 3 heterocycles. The van der Waals surface area contributed by atoms with Crippen LogP contribution in [0.3, 0.4) is 0 Å². The van der Waals surface area contributed by atoms with Crippen LogP contribution in [0, 0.1) is 5.92 Å². The van der Waals surface area contributed by atoms with Crippen molar-refractivity contribution >= 4 is 59.7 Å². The topological polar surface area (TPSA) is 121 Å². The third kappa shape index (κ3) is 3.51. The fourth-order valence-corrected chi connectivity index (χ4v) is 6.39. The summed E-state index contributed by atoms with van der Waals surface area (Å²) in [7, 11) is 0.0701. The van der Waals surface area contributed by atoms with Gasteiger partial charge in [-0.2, -0.15) is 5.10 Å². The van der Waals surface area contributed by atoms with Gasteiger partial charge in [0.25, 0.3) is 0 Å². The zero-order chi connectivity index (χ0) is 22.6. The average molecular weight is 471 g/mol. The fraction of sp³-hybridized carbons (Fsp3) is 0.333. The van der Waals surface area contributed by atoms with Gasteiger partial charge in [-0.15, -0.1) is 11.3 Å². The van der Waals surface area contributed by atoms with Crippen LogP contribution >= 0.6 is 11.3 Å². The van der Waals surface area contributed by atoms with Gasteiger partial charge in [0.1, 0.15) is 17.0 Å². The molecule has 1 aromatic carbocycles. The van der Waals surface area contributed by atoms with Gasteiger partial charge in [-0.1, -0.05) is 0 Å². The standard InChI is InChI=1S/C21H22N6O3S2/c1-27(2)21(28)11-4-5-13-16(7-11)31-20-18(13)19(22-10-23-20)25-15-6-12-9-24-26-14(12)8-17(15)32(3,29)30/h6,8-11H,4-5,7H2,1-3H3,(H,24,26)(H,22,23,25). The van der Waals surface area contributed by atoms with Crippen LogP contribution < -0.4 is 5.32 Å². The Labute approximate surface area is 188 Å². The first-order valence-electron chi connectivity index (χ1n) is 10.1. The van der Waals surface area contributed by atoms with Crippen LogP contribution in [0.4, 0.5) is 11.5 Å². The number of sulfone groups is 1. The van der Waals surface area contributed by atoms with Crippen molar-refractivity contribution in [1.82, 2.24) is 25.1 Å². The number of hydrogen-bond acceptors (Lipinski definition) is 8. The molecule has 0 radical (unpaired) electrons. The Bertz CT molecular complexity index is 1470. The number of rotatable bonds is 4. The molecule has 0 aliphatic heterocycles. The first-order chi connectivity index (χ1) is 15.2. The molecular formula is C21H22N6O3S2. The van der Waals surface area contributed by atoms with Crippen LogP contribution in [-0.4, -0.2) is 59.7 Å². The molecule has 1 amide bonds. The van der Waals surface area contributed by atoms with Crippen molar-refractivity contribution in [3.05, 3.63) is 35.1 Å². The zero-order valence-corrected chi connectivity index (χ0v) is 19.5. The normalized spacial score (nSPS) is 16.3. The molecule has 0 spiro atoms. The summed E-state index contributed by atoms with van der Waals surface area (Å²) in [6.07, 6.45) is 6.51. The van der Waals surface area contributed by atoms with Crippen molar-refractivity contribution in [2.75, 3.05) is 25.7 Å². The quantitative estimate of drug-likeness (QED) is 0.470. The molecule has 0 saturated heterocycles. The molecule has 2 N–H and O–H groups in total. The first-order valence-corrected chi connectivity index (χ1v) is 12.8. The van der Waals surface area contributed by atoms with Crippen molar-refractivity contribution in [2.45, 2.75) is 24.2 Å². The van der Waals surface area contributed by atoms with Crippen molar-refractivity contribution in [3.63, 3.8) is 0 Å². The number of benzene rings is 1. The number of nitrogens with one attached hydrogen (secondary N) is 2. The summed E-state index contributed by atoms with van der Waals surface area (Å²) in [4.78, 5) is 25.2. The number of carbonyl (C=O) groups is 1. The summed E-state index contributed by atoms with van der Waals surface area (Å²) >= 11 is 1.58. The third-order valence-corrected chi connectivity index (χ3v) is 8.13. The SMILES string of the molecule is CN(C)C(=O)C1CCc2c(sc3ncnc(Nc4cc5cn[nH]c5cc4S(C)(=O)=O)c23)C1. The van der Waals surface area contributed by atoms with Crippen LogP contribution in [0.1, 0.15) is 16.9 Å². The van der Waals surface area contributed by atoms with E-state index in [4.69, 9.17) is 0 Å². The highest BCUT2D eigenvalue weighted by Gasteiger charge is 2.30. The molecule has 3 aromatic heterocycles. The second-order valence-electron chi connectivity index (χ2n) is 8.28. The summed E-state index contributed by atoms with van der Waals surface area (Å²) in [6.45, 7) is 0. The van der Waals surface area contributed by atoms with Gasteiger partial charge in [0, 0.05) is 36.5 Å². The lowest BCUT2D eigenvalue weighted by molar-refractivity contribution is -0.133. The molecule has 0 saturated carbocycles. The van der Waals surface area contributed by atoms with E-state index in [1.165, 1.54) is 12.6 Å². The highest BCUT2D eigenvalue weighted by Crippen LogP contribution is 2.41. The number of H-pyrrole nitrogens is 1. The highest BCUT2D eigenvalue weighted by atomic mass is 32.2. The lowest BCUT2D eigenvalue weighted by atomic mass is 9.87. The number of hydrogen-bond donors (Lipinski definition) is 2. The lowest BCUT2D eigenvalue weighted by Gasteiger charge is -2.24. The fourth-order valence-electron chi connectivity index (χ4n) is 4.28. The van der Waals surface area contributed by atoms with Crippen molar-refractivity contribution in [2.24, 2.45) is 5.92 Å². The van der Waals surface area contributed by atoms with Gasteiger partial charge < -0.3 is 10.2 Å². The van der Waals surface area contributed by atoms with E-state index in [1.807, 2.05) is 0 Å². The van der Waals surface area contributed by atoms with E-state index < -0.39 is 9.84 Å². The van der Waals surface area contributed by atoms with Crippen molar-refractivity contribution in [1.29, 1.82) is 0 Å². The Morgan fingerprint density at radius 3 is 2.84 bits per heavy atom. The number of aromatic amines is 1. The molecule has 166 valence electrons. The van der Waals surface area contributed by atoms with Crippen molar-refractivity contribution < 1.29 is 13.2 Å². The number of fused-ring (bicyclic) bond motifs is 4. The molecular weight excluding hydrogens is 448 g/mol. The minimum atomic E-state index is -3.50. The maximum Gasteiger partial charge on any atom is 0.225 e. The van der Waals surface area contributed by atoms with E-state index in [2.05, 4.69) is 25.5 Å². The van der Waals surface area contributed by atoms with Crippen LogP contribution in [0.2, 0.25) is 0 Å². The third-order valence-electron chi connectivity index (χ3n) is 5.83. The van der Waals surface area contributed by atoms with E-state index in [9.17, 15) is 13.2 Å². The molecule has 1 atom stereocenters. The molecule has 9 nitrogen and oxygen atoms in total. The van der Waals surface area contributed by atoms with Crippen LogP contribution in [0.25, 0.3) is 21.1 Å². The number of aryl methyl sites for hydroxylation is 1. The monoisotopic (exact) mass is 470 g/mol. The lowest BCUT2D eigenvalue weighted by Crippen LogP contribution is -2.32. The number of nitrogens with zero attached hydrogens (tertiary/aromatic N) is 4. The second kappa shape index (κ2) is 7.52. The maximum atomic E-state index is 12.5.